The van der Waals surface area contributed by atoms with Gasteiger partial charge in [-0.1, -0.05) is 24.1 Å². The smallest absolute Gasteiger partial charge is 0.281 e. The summed E-state index contributed by atoms with van der Waals surface area (Å²) in [6, 6.07) is 6.91. The first-order valence-electron chi connectivity index (χ1n) is 6.16. The highest BCUT2D eigenvalue weighted by atomic mass is 32.2. The van der Waals surface area contributed by atoms with Crippen molar-refractivity contribution in [2.75, 3.05) is 6.61 Å². The molecule has 0 bridgehead atoms. The molecule has 0 unspecified atom stereocenters. The molecule has 2 rings (SSSR count). The summed E-state index contributed by atoms with van der Waals surface area (Å²) in [5.41, 5.74) is 0.556. The van der Waals surface area contributed by atoms with E-state index < -0.39 is 5.97 Å². The number of hydrogen-bond acceptors (Lipinski definition) is 7. The molecule has 0 aliphatic carbocycles. The minimum atomic E-state index is -1.35. The summed E-state index contributed by atoms with van der Waals surface area (Å²) < 4.78 is 10.5. The van der Waals surface area contributed by atoms with Gasteiger partial charge in [0, 0.05) is 17.4 Å². The Kier molecular flexibility index (Phi) is 5.22. The molecular weight excluding hydrogens is 304 g/mol. The fraction of sp³-hybridized carbons (Fsp3) is 0.133. The predicted octanol–water partition coefficient (Wildman–Crippen LogP) is 1.27. The van der Waals surface area contributed by atoms with E-state index >= 15 is 0 Å². The Morgan fingerprint density at radius 1 is 1.50 bits per heavy atom. The van der Waals surface area contributed by atoms with E-state index in [0.717, 1.165) is 11.8 Å². The molecule has 0 saturated heterocycles. The van der Waals surface area contributed by atoms with Gasteiger partial charge in [0.05, 0.1) is 5.97 Å². The van der Waals surface area contributed by atoms with Gasteiger partial charge in [0.2, 0.25) is 5.89 Å². The van der Waals surface area contributed by atoms with Gasteiger partial charge in [-0.25, -0.2) is 0 Å². The number of hydrogen-bond donors (Lipinski definition) is 0. The molecule has 0 aliphatic rings. The van der Waals surface area contributed by atoms with Crippen LogP contribution in [-0.2, 0) is 4.79 Å². The number of terminal acetylenes is 1. The monoisotopic (exact) mass is 315 g/mol. The van der Waals surface area contributed by atoms with Crippen molar-refractivity contribution in [3.05, 3.63) is 40.6 Å². The van der Waals surface area contributed by atoms with E-state index in [4.69, 9.17) is 15.6 Å². The number of thioether (sulfide) groups is 1. The summed E-state index contributed by atoms with van der Waals surface area (Å²) in [6.45, 7) is 1.70. The van der Waals surface area contributed by atoms with Crippen LogP contribution in [0.1, 0.15) is 11.5 Å². The Bertz CT molecular complexity index is 746. The Hall–Kier alpha value is -2.72. The minimum absolute atomic E-state index is 0.0830. The summed E-state index contributed by atoms with van der Waals surface area (Å²) in [5, 5.41) is 18.8. The number of carboxylic acids is 1. The van der Waals surface area contributed by atoms with Gasteiger partial charge in [-0.2, -0.15) is 0 Å². The molecule has 112 valence electrons. The van der Waals surface area contributed by atoms with Crippen LogP contribution in [0.25, 0.3) is 6.08 Å². The summed E-state index contributed by atoms with van der Waals surface area (Å²) in [7, 11) is 0. The van der Waals surface area contributed by atoms with Gasteiger partial charge in [-0.15, -0.1) is 16.6 Å². The highest BCUT2D eigenvalue weighted by Gasteiger charge is 2.10. The first kappa shape index (κ1) is 15.7. The normalized spacial score (nSPS) is 11.0. The van der Waals surface area contributed by atoms with Gasteiger partial charge in [0.1, 0.15) is 12.4 Å². The van der Waals surface area contributed by atoms with E-state index in [1.165, 1.54) is 6.08 Å². The standard InChI is InChI=1S/C15H12N2O4S/c1-3-8-20-12-7-5-4-6-11(12)9-13(14(18)19)22-15-17-16-10(2)21-15/h1,4-7,9H,8H2,2H3,(H,18,19)/p-1/b13-9-. The zero-order chi connectivity index (χ0) is 15.9. The Labute approximate surface area is 131 Å². The van der Waals surface area contributed by atoms with Crippen molar-refractivity contribution in [2.24, 2.45) is 0 Å². The molecular formula is C15H11N2O4S-. The van der Waals surface area contributed by atoms with Crippen molar-refractivity contribution >= 4 is 23.8 Å². The van der Waals surface area contributed by atoms with Gasteiger partial charge in [-0.3, -0.25) is 0 Å². The fourth-order valence-corrected chi connectivity index (χ4v) is 2.24. The van der Waals surface area contributed by atoms with E-state index in [-0.39, 0.29) is 16.7 Å². The molecule has 1 heterocycles. The third-order valence-corrected chi connectivity index (χ3v) is 3.27. The predicted molar refractivity (Wildman–Crippen MR) is 78.6 cm³/mol. The van der Waals surface area contributed by atoms with Crippen molar-refractivity contribution in [3.8, 4) is 18.1 Å². The number of ether oxygens (including phenoxy) is 1. The van der Waals surface area contributed by atoms with E-state index in [2.05, 4.69) is 16.1 Å². The average molecular weight is 315 g/mol. The molecule has 7 heteroatoms. The Balaban J connectivity index is 2.30. The second kappa shape index (κ2) is 7.33. The lowest BCUT2D eigenvalue weighted by Crippen LogP contribution is -2.23. The van der Waals surface area contributed by atoms with Crippen LogP contribution >= 0.6 is 11.8 Å². The topological polar surface area (TPSA) is 88.3 Å². The van der Waals surface area contributed by atoms with Gasteiger partial charge < -0.3 is 19.1 Å². The first-order valence-corrected chi connectivity index (χ1v) is 6.98. The van der Waals surface area contributed by atoms with Crippen LogP contribution in [0.15, 0.2) is 38.8 Å². The molecule has 1 aromatic heterocycles. The summed E-state index contributed by atoms with van der Waals surface area (Å²) >= 11 is 0.808. The number of benzene rings is 1. The second-order valence-corrected chi connectivity index (χ2v) is 5.01. The molecule has 0 saturated carbocycles. The lowest BCUT2D eigenvalue weighted by Gasteiger charge is -2.09. The molecule has 22 heavy (non-hydrogen) atoms. The number of nitrogens with zero attached hydrogens (tertiary/aromatic N) is 2. The van der Waals surface area contributed by atoms with Gasteiger partial charge >= 0.3 is 0 Å². The molecule has 0 aliphatic heterocycles. The summed E-state index contributed by atoms with van der Waals surface area (Å²) in [5.74, 6) is 1.82. The fourth-order valence-electron chi connectivity index (χ4n) is 1.54. The van der Waals surface area contributed by atoms with Crippen LogP contribution in [0.4, 0.5) is 0 Å². The van der Waals surface area contributed by atoms with Crippen LogP contribution in [0.5, 0.6) is 5.75 Å². The molecule has 0 spiro atoms. The highest BCUT2D eigenvalue weighted by molar-refractivity contribution is 8.03. The number of rotatable bonds is 6. The second-order valence-electron chi connectivity index (χ2n) is 4.02. The molecule has 2 aromatic rings. The van der Waals surface area contributed by atoms with Crippen LogP contribution in [0, 0.1) is 19.3 Å². The number of carboxylic acid groups (broad SMARTS) is 1. The number of aliphatic carboxylic acids is 1. The maximum Gasteiger partial charge on any atom is 0.281 e. The number of carbonyl (C=O) groups excluding carboxylic acids is 1. The third kappa shape index (κ3) is 4.14. The molecule has 0 N–H and O–H groups in total. The summed E-state index contributed by atoms with van der Waals surface area (Å²) in [4.78, 5) is 11.2. The van der Waals surface area contributed by atoms with Gasteiger partial charge in [0.15, 0.2) is 0 Å². The minimum Gasteiger partial charge on any atom is -0.544 e. The average Bonchev–Trinajstić information content (AvgIpc) is 2.90. The number of aryl methyl sites for hydroxylation is 1. The lowest BCUT2D eigenvalue weighted by atomic mass is 10.2. The van der Waals surface area contributed by atoms with Crippen molar-refractivity contribution < 1.29 is 19.1 Å². The highest BCUT2D eigenvalue weighted by Crippen LogP contribution is 2.29. The number of aromatic nitrogens is 2. The van der Waals surface area contributed by atoms with Crippen LogP contribution in [-0.4, -0.2) is 22.8 Å². The maximum atomic E-state index is 11.3. The number of para-hydroxylation sites is 1. The lowest BCUT2D eigenvalue weighted by molar-refractivity contribution is -0.298. The zero-order valence-electron chi connectivity index (χ0n) is 11.6. The maximum absolute atomic E-state index is 11.3. The quantitative estimate of drug-likeness (QED) is 0.450. The molecule has 0 radical (unpaired) electrons. The zero-order valence-corrected chi connectivity index (χ0v) is 12.4. The van der Waals surface area contributed by atoms with E-state index in [0.29, 0.717) is 17.2 Å². The Morgan fingerprint density at radius 3 is 2.91 bits per heavy atom. The van der Waals surface area contributed by atoms with E-state index in [1.807, 2.05) is 0 Å². The van der Waals surface area contributed by atoms with Crippen LogP contribution < -0.4 is 9.84 Å². The molecule has 0 atom stereocenters. The first-order chi connectivity index (χ1) is 10.6. The molecule has 0 amide bonds. The summed E-state index contributed by atoms with van der Waals surface area (Å²) in [6.07, 6.45) is 6.56. The van der Waals surface area contributed by atoms with Crippen molar-refractivity contribution in [2.45, 2.75) is 12.1 Å². The molecule has 6 nitrogen and oxygen atoms in total. The molecule has 0 fully saturated rings. The van der Waals surface area contributed by atoms with Crippen molar-refractivity contribution in [1.29, 1.82) is 0 Å². The SMILES string of the molecule is C#CCOc1ccccc1/C=C(\Sc1nnc(C)o1)C(=O)[O-]. The van der Waals surface area contributed by atoms with Gasteiger partial charge in [0.25, 0.3) is 5.22 Å². The van der Waals surface area contributed by atoms with Crippen molar-refractivity contribution in [3.63, 3.8) is 0 Å². The van der Waals surface area contributed by atoms with Gasteiger partial charge in [-0.05, 0) is 23.9 Å². The third-order valence-electron chi connectivity index (χ3n) is 2.42. The van der Waals surface area contributed by atoms with Crippen molar-refractivity contribution in [1.82, 2.24) is 10.2 Å². The van der Waals surface area contributed by atoms with E-state index in [1.54, 1.807) is 31.2 Å². The number of carbonyl (C=O) groups is 1. The van der Waals surface area contributed by atoms with Crippen LogP contribution in [0.3, 0.4) is 0 Å². The van der Waals surface area contributed by atoms with Crippen LogP contribution in [0.2, 0.25) is 0 Å². The molecule has 1 aromatic carbocycles. The largest absolute Gasteiger partial charge is 0.544 e. The Morgan fingerprint density at radius 2 is 2.27 bits per heavy atom. The van der Waals surface area contributed by atoms with E-state index in [9.17, 15) is 9.90 Å².